The number of likely N-dealkylation sites (tertiary alicyclic amines) is 1. The minimum absolute atomic E-state index is 0.166. The third-order valence-electron chi connectivity index (χ3n) is 4.68. The molecule has 1 fully saturated rings. The molecule has 0 spiro atoms. The summed E-state index contributed by atoms with van der Waals surface area (Å²) >= 11 is 1.05. The van der Waals surface area contributed by atoms with Crippen molar-refractivity contribution in [2.45, 2.75) is 51.4 Å². The van der Waals surface area contributed by atoms with Gasteiger partial charge in [0.1, 0.15) is 22.2 Å². The highest BCUT2D eigenvalue weighted by Crippen LogP contribution is 2.34. The van der Waals surface area contributed by atoms with Gasteiger partial charge in [0.15, 0.2) is 0 Å². The topological polar surface area (TPSA) is 83.6 Å². The minimum atomic E-state index is -4.78. The van der Waals surface area contributed by atoms with Crippen LogP contribution in [0.15, 0.2) is 23.6 Å². The van der Waals surface area contributed by atoms with Crippen molar-refractivity contribution in [3.05, 3.63) is 35.0 Å². The zero-order valence-corrected chi connectivity index (χ0v) is 19.1. The molecule has 12 heteroatoms. The van der Waals surface area contributed by atoms with E-state index in [1.165, 1.54) is 5.38 Å². The number of carbonyl (C=O) groups excluding carboxylic acids is 2. The molecule has 1 aliphatic heterocycles. The lowest BCUT2D eigenvalue weighted by atomic mass is 10.1. The van der Waals surface area contributed by atoms with Crippen molar-refractivity contribution in [1.82, 2.24) is 15.2 Å². The Kier molecular flexibility index (Phi) is 7.15. The molecule has 180 valence electrons. The van der Waals surface area contributed by atoms with Crippen LogP contribution in [0.2, 0.25) is 0 Å². The molecule has 0 radical (unpaired) electrons. The lowest BCUT2D eigenvalue weighted by molar-refractivity contribution is -0.139. The second kappa shape index (κ2) is 9.54. The number of urea groups is 1. The van der Waals surface area contributed by atoms with Crippen molar-refractivity contribution in [1.29, 1.82) is 0 Å². The highest BCUT2D eigenvalue weighted by atomic mass is 32.1. The van der Waals surface area contributed by atoms with E-state index in [1.54, 1.807) is 25.7 Å². The summed E-state index contributed by atoms with van der Waals surface area (Å²) in [5.41, 5.74) is -1.81. The highest BCUT2D eigenvalue weighted by Gasteiger charge is 2.34. The molecule has 1 aromatic carbocycles. The second-order valence-electron chi connectivity index (χ2n) is 8.59. The SMILES string of the molecule is CC(C)(C)OC(=O)N1CCC[C@H](NC(=O)Nc2csc(-c3ccc(C(F)(F)F)c(F)c3)n2)C1. The summed E-state index contributed by atoms with van der Waals surface area (Å²) in [5, 5.41) is 7.08. The van der Waals surface area contributed by atoms with E-state index in [2.05, 4.69) is 15.6 Å². The minimum Gasteiger partial charge on any atom is -0.444 e. The van der Waals surface area contributed by atoms with Gasteiger partial charge in [-0.3, -0.25) is 5.32 Å². The number of rotatable bonds is 3. The number of nitrogens with zero attached hydrogens (tertiary/aromatic N) is 2. The molecule has 33 heavy (non-hydrogen) atoms. The first-order valence-electron chi connectivity index (χ1n) is 10.2. The molecule has 2 heterocycles. The van der Waals surface area contributed by atoms with E-state index in [4.69, 9.17) is 4.74 Å². The summed E-state index contributed by atoms with van der Waals surface area (Å²) < 4.78 is 57.4. The number of nitrogens with one attached hydrogen (secondary N) is 2. The van der Waals surface area contributed by atoms with E-state index in [1.807, 2.05) is 0 Å². The van der Waals surface area contributed by atoms with E-state index in [0.717, 1.165) is 23.5 Å². The number of piperidine rings is 1. The average molecular weight is 489 g/mol. The number of amides is 3. The fourth-order valence-corrected chi connectivity index (χ4v) is 4.02. The first-order valence-corrected chi connectivity index (χ1v) is 11.1. The molecule has 0 aliphatic carbocycles. The maximum absolute atomic E-state index is 13.8. The van der Waals surface area contributed by atoms with Crippen LogP contribution < -0.4 is 10.6 Å². The summed E-state index contributed by atoms with van der Waals surface area (Å²) in [7, 11) is 0. The zero-order valence-electron chi connectivity index (χ0n) is 18.3. The summed E-state index contributed by atoms with van der Waals surface area (Å²) in [6, 6.07) is 1.72. The monoisotopic (exact) mass is 488 g/mol. The van der Waals surface area contributed by atoms with Gasteiger partial charge in [0.05, 0.1) is 5.56 Å². The standard InChI is InChI=1S/C21H24F4N4O3S/c1-20(2,3)32-19(31)29-8-4-5-13(10-29)26-18(30)28-16-11-33-17(27-16)12-6-7-14(15(22)9-12)21(23,24)25/h6-7,9,11,13H,4-5,8,10H2,1-3H3,(H2,26,28,30)/t13-/m0/s1. The Bertz CT molecular complexity index is 1020. The lowest BCUT2D eigenvalue weighted by Crippen LogP contribution is -2.51. The fraction of sp³-hybridized carbons (Fsp3) is 0.476. The van der Waals surface area contributed by atoms with Gasteiger partial charge in [0, 0.05) is 30.1 Å². The predicted molar refractivity (Wildman–Crippen MR) is 115 cm³/mol. The van der Waals surface area contributed by atoms with Crippen molar-refractivity contribution >= 4 is 29.3 Å². The fourth-order valence-electron chi connectivity index (χ4n) is 3.27. The summed E-state index contributed by atoms with van der Waals surface area (Å²) in [6.45, 7) is 6.17. The van der Waals surface area contributed by atoms with Crippen molar-refractivity contribution in [2.24, 2.45) is 0 Å². The number of carbonyl (C=O) groups is 2. The summed E-state index contributed by atoms with van der Waals surface area (Å²) in [6.07, 6.45) is -3.85. The number of hydrogen-bond donors (Lipinski definition) is 2. The molecule has 1 aliphatic rings. The van der Waals surface area contributed by atoms with Gasteiger partial charge >= 0.3 is 18.3 Å². The van der Waals surface area contributed by atoms with Crippen LogP contribution in [-0.4, -0.2) is 46.7 Å². The van der Waals surface area contributed by atoms with Crippen LogP contribution in [0.1, 0.15) is 39.2 Å². The van der Waals surface area contributed by atoms with Crippen LogP contribution >= 0.6 is 11.3 Å². The Morgan fingerprint density at radius 2 is 1.97 bits per heavy atom. The molecule has 1 saturated heterocycles. The molecule has 2 N–H and O–H groups in total. The van der Waals surface area contributed by atoms with E-state index < -0.39 is 35.3 Å². The summed E-state index contributed by atoms with van der Waals surface area (Å²) in [4.78, 5) is 30.3. The van der Waals surface area contributed by atoms with Gasteiger partial charge in [-0.2, -0.15) is 13.2 Å². The Balaban J connectivity index is 1.58. The van der Waals surface area contributed by atoms with E-state index in [9.17, 15) is 27.2 Å². The van der Waals surface area contributed by atoms with Gasteiger partial charge in [0.25, 0.3) is 0 Å². The number of benzene rings is 1. The van der Waals surface area contributed by atoms with E-state index in [-0.39, 0.29) is 22.4 Å². The van der Waals surface area contributed by atoms with Crippen LogP contribution in [0.3, 0.4) is 0 Å². The third-order valence-corrected chi connectivity index (χ3v) is 5.57. The number of hydrogen-bond acceptors (Lipinski definition) is 5. The van der Waals surface area contributed by atoms with Crippen molar-refractivity contribution < 1.29 is 31.9 Å². The molecule has 7 nitrogen and oxygen atoms in total. The Morgan fingerprint density at radius 1 is 1.24 bits per heavy atom. The number of thiazole rings is 1. The van der Waals surface area contributed by atoms with Crippen LogP contribution in [0, 0.1) is 5.82 Å². The lowest BCUT2D eigenvalue weighted by Gasteiger charge is -2.34. The molecule has 1 atom stereocenters. The Labute approximate surface area is 192 Å². The number of ether oxygens (including phenoxy) is 1. The number of alkyl halides is 3. The average Bonchev–Trinajstić information content (AvgIpc) is 3.14. The quantitative estimate of drug-likeness (QED) is 0.560. The maximum atomic E-state index is 13.8. The third kappa shape index (κ3) is 6.80. The maximum Gasteiger partial charge on any atom is 0.419 e. The highest BCUT2D eigenvalue weighted by molar-refractivity contribution is 7.13. The molecule has 0 bridgehead atoms. The van der Waals surface area contributed by atoms with Crippen molar-refractivity contribution in [3.63, 3.8) is 0 Å². The van der Waals surface area contributed by atoms with Gasteiger partial charge in [-0.05, 0) is 45.7 Å². The van der Waals surface area contributed by atoms with Crippen LogP contribution in [-0.2, 0) is 10.9 Å². The summed E-state index contributed by atoms with van der Waals surface area (Å²) in [5.74, 6) is -1.22. The number of anilines is 1. The number of aromatic nitrogens is 1. The Hall–Kier alpha value is -2.89. The molecular formula is C21H24F4N4O3S. The zero-order chi connectivity index (χ0) is 24.4. The normalized spacial score (nSPS) is 16.9. The first-order chi connectivity index (χ1) is 15.3. The first kappa shape index (κ1) is 24.7. The van der Waals surface area contributed by atoms with Crippen LogP contribution in [0.25, 0.3) is 10.6 Å². The molecule has 0 saturated carbocycles. The molecule has 3 amide bonds. The van der Waals surface area contributed by atoms with E-state index in [0.29, 0.717) is 32.0 Å². The smallest absolute Gasteiger partial charge is 0.419 e. The Morgan fingerprint density at radius 3 is 2.61 bits per heavy atom. The number of halogens is 4. The second-order valence-corrected chi connectivity index (χ2v) is 9.45. The van der Waals surface area contributed by atoms with Gasteiger partial charge in [-0.25, -0.2) is 19.0 Å². The van der Waals surface area contributed by atoms with Gasteiger partial charge in [-0.15, -0.1) is 11.3 Å². The molecule has 0 unspecified atom stereocenters. The molecular weight excluding hydrogens is 464 g/mol. The van der Waals surface area contributed by atoms with Gasteiger partial charge < -0.3 is 15.0 Å². The largest absolute Gasteiger partial charge is 0.444 e. The molecule has 1 aromatic heterocycles. The van der Waals surface area contributed by atoms with Gasteiger partial charge in [0.2, 0.25) is 0 Å². The molecule has 3 rings (SSSR count). The van der Waals surface area contributed by atoms with Crippen molar-refractivity contribution in [3.8, 4) is 10.6 Å². The van der Waals surface area contributed by atoms with Gasteiger partial charge in [-0.1, -0.05) is 6.07 Å². The van der Waals surface area contributed by atoms with Crippen LogP contribution in [0.4, 0.5) is 33.0 Å². The van der Waals surface area contributed by atoms with Crippen molar-refractivity contribution in [2.75, 3.05) is 18.4 Å². The predicted octanol–water partition coefficient (Wildman–Crippen LogP) is 5.49. The van der Waals surface area contributed by atoms with Crippen LogP contribution in [0.5, 0.6) is 0 Å². The molecule has 2 aromatic rings. The van der Waals surface area contributed by atoms with E-state index >= 15 is 0 Å².